The average molecular weight is 336 g/mol. The predicted octanol–water partition coefficient (Wildman–Crippen LogP) is 2.92. The van der Waals surface area contributed by atoms with Crippen molar-refractivity contribution in [3.63, 3.8) is 0 Å². The minimum Gasteiger partial charge on any atom is -0.496 e. The van der Waals surface area contributed by atoms with Crippen LogP contribution in [0.5, 0.6) is 5.75 Å². The molecular formula is C12H18BrNO3S. The summed E-state index contributed by atoms with van der Waals surface area (Å²) >= 11 is 3.28. The average Bonchev–Trinajstić information content (AvgIpc) is 2.28. The minimum absolute atomic E-state index is 0.0686. The third-order valence-electron chi connectivity index (χ3n) is 2.51. The second-order valence-corrected chi connectivity index (χ2v) is 6.68. The Labute approximate surface area is 117 Å². The Morgan fingerprint density at radius 3 is 2.61 bits per heavy atom. The molecule has 0 aliphatic carbocycles. The highest BCUT2D eigenvalue weighted by atomic mass is 79.9. The van der Waals surface area contributed by atoms with Gasteiger partial charge in [0.2, 0.25) is 10.0 Å². The van der Waals surface area contributed by atoms with Gasteiger partial charge < -0.3 is 4.74 Å². The molecule has 1 aromatic rings. The van der Waals surface area contributed by atoms with Crippen molar-refractivity contribution in [2.24, 2.45) is 0 Å². The van der Waals surface area contributed by atoms with Crippen LogP contribution >= 0.6 is 15.9 Å². The van der Waals surface area contributed by atoms with E-state index >= 15 is 0 Å². The van der Waals surface area contributed by atoms with Gasteiger partial charge in [-0.2, -0.15) is 0 Å². The van der Waals surface area contributed by atoms with Gasteiger partial charge >= 0.3 is 0 Å². The fraction of sp³-hybridized carbons (Fsp3) is 0.500. The lowest BCUT2D eigenvalue weighted by atomic mass is 10.2. The van der Waals surface area contributed by atoms with E-state index in [4.69, 9.17) is 4.74 Å². The first-order valence-corrected chi connectivity index (χ1v) is 8.04. The van der Waals surface area contributed by atoms with E-state index < -0.39 is 10.0 Å². The summed E-state index contributed by atoms with van der Waals surface area (Å²) in [7, 11) is -1.93. The van der Waals surface area contributed by atoms with Crippen molar-refractivity contribution in [3.8, 4) is 5.75 Å². The van der Waals surface area contributed by atoms with Gasteiger partial charge in [-0.05, 0) is 47.5 Å². The molecule has 0 fully saturated rings. The largest absolute Gasteiger partial charge is 0.496 e. The Bertz CT molecular complexity index is 502. The maximum Gasteiger partial charge on any atom is 0.240 e. The molecule has 1 atom stereocenters. The fourth-order valence-corrected chi connectivity index (χ4v) is 3.64. The van der Waals surface area contributed by atoms with Crippen molar-refractivity contribution >= 4 is 26.0 Å². The third-order valence-corrected chi connectivity index (χ3v) is 4.72. The van der Waals surface area contributed by atoms with Crippen molar-refractivity contribution in [2.75, 3.05) is 7.11 Å². The van der Waals surface area contributed by atoms with Gasteiger partial charge in [0.05, 0.1) is 16.5 Å². The highest BCUT2D eigenvalue weighted by molar-refractivity contribution is 9.10. The van der Waals surface area contributed by atoms with Crippen molar-refractivity contribution in [1.82, 2.24) is 4.72 Å². The molecule has 4 nitrogen and oxygen atoms in total. The molecular weight excluding hydrogens is 318 g/mol. The highest BCUT2D eigenvalue weighted by Gasteiger charge is 2.18. The number of hydrogen-bond acceptors (Lipinski definition) is 3. The number of hydrogen-bond donors (Lipinski definition) is 1. The molecule has 102 valence electrons. The van der Waals surface area contributed by atoms with Crippen LogP contribution in [0.4, 0.5) is 0 Å². The Hall–Kier alpha value is -0.590. The Kier molecular flexibility index (Phi) is 5.62. The molecule has 0 heterocycles. The van der Waals surface area contributed by atoms with Crippen LogP contribution in [0.25, 0.3) is 0 Å². The van der Waals surface area contributed by atoms with E-state index in [1.807, 2.05) is 13.8 Å². The quantitative estimate of drug-likeness (QED) is 0.869. The topological polar surface area (TPSA) is 55.4 Å². The van der Waals surface area contributed by atoms with E-state index in [1.54, 1.807) is 12.1 Å². The Balaban J connectivity index is 2.95. The molecule has 0 aliphatic heterocycles. The normalized spacial score (nSPS) is 13.3. The fourth-order valence-electron chi connectivity index (χ4n) is 1.64. The van der Waals surface area contributed by atoms with Crippen LogP contribution in [0.15, 0.2) is 27.6 Å². The number of ether oxygens (including phenoxy) is 1. The summed E-state index contributed by atoms with van der Waals surface area (Å²) in [5.41, 5.74) is 0. The van der Waals surface area contributed by atoms with Gasteiger partial charge in [-0.1, -0.05) is 13.3 Å². The number of methoxy groups -OCH3 is 1. The number of benzene rings is 1. The van der Waals surface area contributed by atoms with E-state index in [0.717, 1.165) is 12.8 Å². The zero-order valence-electron chi connectivity index (χ0n) is 10.7. The smallest absolute Gasteiger partial charge is 0.240 e. The molecule has 6 heteroatoms. The van der Waals surface area contributed by atoms with Crippen LogP contribution in [0, 0.1) is 0 Å². The maximum atomic E-state index is 12.1. The third kappa shape index (κ3) is 3.96. The van der Waals surface area contributed by atoms with Crippen LogP contribution in [0.2, 0.25) is 0 Å². The molecule has 0 aliphatic rings. The summed E-state index contributed by atoms with van der Waals surface area (Å²) in [6.07, 6.45) is 1.76. The van der Waals surface area contributed by atoms with Crippen molar-refractivity contribution in [2.45, 2.75) is 37.6 Å². The Morgan fingerprint density at radius 2 is 2.11 bits per heavy atom. The number of sulfonamides is 1. The monoisotopic (exact) mass is 335 g/mol. The van der Waals surface area contributed by atoms with E-state index in [0.29, 0.717) is 10.2 Å². The van der Waals surface area contributed by atoms with Crippen LogP contribution in [0.3, 0.4) is 0 Å². The van der Waals surface area contributed by atoms with E-state index in [2.05, 4.69) is 20.7 Å². The molecule has 18 heavy (non-hydrogen) atoms. The first-order chi connectivity index (χ1) is 8.40. The first kappa shape index (κ1) is 15.5. The molecule has 0 saturated carbocycles. The van der Waals surface area contributed by atoms with Gasteiger partial charge in [0.25, 0.3) is 0 Å². The first-order valence-electron chi connectivity index (χ1n) is 5.76. The predicted molar refractivity (Wildman–Crippen MR) is 75.4 cm³/mol. The van der Waals surface area contributed by atoms with Crippen LogP contribution in [-0.4, -0.2) is 21.6 Å². The number of halogens is 1. The molecule has 0 unspecified atom stereocenters. The van der Waals surface area contributed by atoms with Gasteiger partial charge in [-0.3, -0.25) is 0 Å². The summed E-state index contributed by atoms with van der Waals surface area (Å²) in [6, 6.07) is 4.63. The molecule has 0 amide bonds. The SMILES string of the molecule is CCC[C@@H](C)NS(=O)(=O)c1ccc(OC)c(Br)c1. The van der Waals surface area contributed by atoms with Gasteiger partial charge in [0, 0.05) is 6.04 Å². The van der Waals surface area contributed by atoms with Gasteiger partial charge in [-0.25, -0.2) is 13.1 Å². The summed E-state index contributed by atoms with van der Waals surface area (Å²) in [4.78, 5) is 0.234. The second-order valence-electron chi connectivity index (χ2n) is 4.11. The lowest BCUT2D eigenvalue weighted by Gasteiger charge is -2.14. The summed E-state index contributed by atoms with van der Waals surface area (Å²) < 4.78 is 32.5. The lowest BCUT2D eigenvalue weighted by Crippen LogP contribution is -2.32. The summed E-state index contributed by atoms with van der Waals surface area (Å²) in [6.45, 7) is 3.88. The van der Waals surface area contributed by atoms with Gasteiger partial charge in [0.15, 0.2) is 0 Å². The van der Waals surface area contributed by atoms with Crippen molar-refractivity contribution < 1.29 is 13.2 Å². The number of nitrogens with one attached hydrogen (secondary N) is 1. The standard InChI is InChI=1S/C12H18BrNO3S/c1-4-5-9(2)14-18(15,16)10-6-7-12(17-3)11(13)8-10/h6-9,14H,4-5H2,1-3H3/t9-/m1/s1. The van der Waals surface area contributed by atoms with Crippen LogP contribution in [-0.2, 0) is 10.0 Å². The molecule has 1 rings (SSSR count). The van der Waals surface area contributed by atoms with E-state index in [1.165, 1.54) is 13.2 Å². The Morgan fingerprint density at radius 1 is 1.44 bits per heavy atom. The molecule has 0 bridgehead atoms. The van der Waals surface area contributed by atoms with Gasteiger partial charge in [0.1, 0.15) is 5.75 Å². The molecule has 0 radical (unpaired) electrons. The molecule has 1 aromatic carbocycles. The molecule has 0 saturated heterocycles. The summed E-state index contributed by atoms with van der Waals surface area (Å²) in [5, 5.41) is 0. The van der Waals surface area contributed by atoms with E-state index in [9.17, 15) is 8.42 Å². The molecule has 0 aromatic heterocycles. The summed E-state index contributed by atoms with van der Waals surface area (Å²) in [5.74, 6) is 0.607. The minimum atomic E-state index is -3.46. The maximum absolute atomic E-state index is 12.1. The molecule has 1 N–H and O–H groups in total. The van der Waals surface area contributed by atoms with Gasteiger partial charge in [-0.15, -0.1) is 0 Å². The van der Waals surface area contributed by atoms with Crippen molar-refractivity contribution in [3.05, 3.63) is 22.7 Å². The van der Waals surface area contributed by atoms with E-state index in [-0.39, 0.29) is 10.9 Å². The van der Waals surface area contributed by atoms with Crippen molar-refractivity contribution in [1.29, 1.82) is 0 Å². The zero-order chi connectivity index (χ0) is 13.8. The second kappa shape index (κ2) is 6.54. The zero-order valence-corrected chi connectivity index (χ0v) is 13.1. The van der Waals surface area contributed by atoms with Crippen LogP contribution in [0.1, 0.15) is 26.7 Å². The van der Waals surface area contributed by atoms with Crippen LogP contribution < -0.4 is 9.46 Å². The molecule has 0 spiro atoms. The number of rotatable bonds is 6. The lowest BCUT2D eigenvalue weighted by molar-refractivity contribution is 0.411. The highest BCUT2D eigenvalue weighted by Crippen LogP contribution is 2.27.